The second kappa shape index (κ2) is 6.86. The van der Waals surface area contributed by atoms with Crippen molar-refractivity contribution in [3.8, 4) is 0 Å². The molecule has 1 aromatic heterocycles. The van der Waals surface area contributed by atoms with Gasteiger partial charge in [-0.25, -0.2) is 0 Å². The Hall–Kier alpha value is -2.63. The third-order valence-electron chi connectivity index (χ3n) is 3.63. The Morgan fingerprint density at radius 1 is 1.12 bits per heavy atom. The molecule has 0 spiro atoms. The predicted molar refractivity (Wildman–Crippen MR) is 91.0 cm³/mol. The zero-order valence-corrected chi connectivity index (χ0v) is 13.3. The molecule has 3 rings (SSSR count). The summed E-state index contributed by atoms with van der Waals surface area (Å²) in [6.45, 7) is 0.0759. The van der Waals surface area contributed by atoms with Crippen molar-refractivity contribution in [2.75, 3.05) is 0 Å². The fourth-order valence-electron chi connectivity index (χ4n) is 2.31. The molecule has 0 aliphatic rings. The average Bonchev–Trinajstić information content (AvgIpc) is 2.61. The van der Waals surface area contributed by atoms with Gasteiger partial charge in [0.25, 0.3) is 5.91 Å². The average molecular weight is 344 g/mol. The molecule has 0 atom stereocenters. The van der Waals surface area contributed by atoms with Crippen LogP contribution in [-0.2, 0) is 13.2 Å². The van der Waals surface area contributed by atoms with Gasteiger partial charge in [-0.05, 0) is 35.4 Å². The number of rotatable bonds is 4. The molecule has 2 N–H and O–H groups in total. The number of carbonyl (C=O) groups is 1. The van der Waals surface area contributed by atoms with Gasteiger partial charge < -0.3 is 14.8 Å². The lowest BCUT2D eigenvalue weighted by Crippen LogP contribution is -2.28. The highest BCUT2D eigenvalue weighted by Crippen LogP contribution is 2.14. The third-order valence-corrected chi connectivity index (χ3v) is 3.88. The first kappa shape index (κ1) is 16.2. The van der Waals surface area contributed by atoms with Crippen LogP contribution in [0.5, 0.6) is 0 Å². The minimum absolute atomic E-state index is 0.0773. The van der Waals surface area contributed by atoms with Crippen LogP contribution in [0.1, 0.15) is 21.5 Å². The number of benzene rings is 2. The maximum absolute atomic E-state index is 12.5. The Bertz CT molecular complexity index is 947. The largest absolute Gasteiger partial charge is 0.463 e. The molecular formula is C18H14ClNO4. The second-order valence-electron chi connectivity index (χ2n) is 5.28. The lowest BCUT2D eigenvalue weighted by Gasteiger charge is -2.06. The highest BCUT2D eigenvalue weighted by molar-refractivity contribution is 6.30. The van der Waals surface area contributed by atoms with Gasteiger partial charge in [-0.15, -0.1) is 0 Å². The number of aliphatic hydroxyl groups excluding tert-OH is 1. The molecule has 0 aliphatic carbocycles. The smallest absolute Gasteiger partial charge is 0.258 e. The minimum Gasteiger partial charge on any atom is -0.463 e. The topological polar surface area (TPSA) is 79.5 Å². The Morgan fingerprint density at radius 2 is 1.83 bits per heavy atom. The van der Waals surface area contributed by atoms with Crippen LogP contribution in [0.2, 0.25) is 5.02 Å². The molecule has 0 bridgehead atoms. The molecule has 0 unspecified atom stereocenters. The van der Waals surface area contributed by atoms with E-state index in [9.17, 15) is 14.7 Å². The maximum atomic E-state index is 12.5. The van der Waals surface area contributed by atoms with Gasteiger partial charge in [0.05, 0.1) is 12.0 Å². The first-order valence-electron chi connectivity index (χ1n) is 7.26. The van der Waals surface area contributed by atoms with Gasteiger partial charge in [0.2, 0.25) is 5.43 Å². The molecule has 24 heavy (non-hydrogen) atoms. The molecule has 3 aromatic rings. The lowest BCUT2D eigenvalue weighted by atomic mass is 10.1. The second-order valence-corrected chi connectivity index (χ2v) is 5.71. The van der Waals surface area contributed by atoms with Crippen molar-refractivity contribution in [2.24, 2.45) is 0 Å². The number of hydrogen-bond donors (Lipinski definition) is 2. The number of hydrogen-bond acceptors (Lipinski definition) is 4. The zero-order chi connectivity index (χ0) is 17.1. The van der Waals surface area contributed by atoms with Crippen LogP contribution < -0.4 is 10.7 Å². The fourth-order valence-corrected chi connectivity index (χ4v) is 2.44. The van der Waals surface area contributed by atoms with Crippen LogP contribution >= 0.6 is 11.6 Å². The van der Waals surface area contributed by atoms with Crippen LogP contribution in [0.25, 0.3) is 11.0 Å². The summed E-state index contributed by atoms with van der Waals surface area (Å²) in [6.07, 6.45) is 1.15. The summed E-state index contributed by atoms with van der Waals surface area (Å²) in [5, 5.41) is 12.7. The van der Waals surface area contributed by atoms with Gasteiger partial charge in [0.1, 0.15) is 17.4 Å². The number of carbonyl (C=O) groups excluding carboxylic acids is 1. The molecule has 0 fully saturated rings. The van der Waals surface area contributed by atoms with E-state index in [4.69, 9.17) is 16.0 Å². The molecule has 2 aromatic carbocycles. The summed E-state index contributed by atoms with van der Waals surface area (Å²) in [4.78, 5) is 24.7. The van der Waals surface area contributed by atoms with E-state index in [1.54, 1.807) is 36.4 Å². The van der Waals surface area contributed by atoms with E-state index in [0.29, 0.717) is 16.2 Å². The van der Waals surface area contributed by atoms with Crippen LogP contribution in [-0.4, -0.2) is 11.0 Å². The van der Waals surface area contributed by atoms with E-state index in [0.717, 1.165) is 11.8 Å². The molecule has 0 radical (unpaired) electrons. The van der Waals surface area contributed by atoms with Crippen LogP contribution in [0.4, 0.5) is 0 Å². The quantitative estimate of drug-likeness (QED) is 0.763. The zero-order valence-electron chi connectivity index (χ0n) is 12.6. The van der Waals surface area contributed by atoms with E-state index < -0.39 is 11.3 Å². The van der Waals surface area contributed by atoms with Crippen molar-refractivity contribution in [2.45, 2.75) is 13.2 Å². The number of halogens is 1. The number of amides is 1. The fraction of sp³-hybridized carbons (Fsp3) is 0.111. The van der Waals surface area contributed by atoms with E-state index in [2.05, 4.69) is 5.32 Å². The number of aliphatic hydroxyl groups is 1. The van der Waals surface area contributed by atoms with Crippen LogP contribution in [0.15, 0.2) is 57.9 Å². The highest BCUT2D eigenvalue weighted by atomic mass is 35.5. The van der Waals surface area contributed by atoms with E-state index in [1.807, 2.05) is 0 Å². The highest BCUT2D eigenvalue weighted by Gasteiger charge is 2.14. The van der Waals surface area contributed by atoms with Gasteiger partial charge in [0.15, 0.2) is 0 Å². The number of nitrogens with one attached hydrogen (secondary N) is 1. The van der Waals surface area contributed by atoms with E-state index >= 15 is 0 Å². The van der Waals surface area contributed by atoms with Crippen molar-refractivity contribution >= 4 is 28.5 Å². The molecule has 1 heterocycles. The monoisotopic (exact) mass is 343 g/mol. The minimum atomic E-state index is -0.519. The summed E-state index contributed by atoms with van der Waals surface area (Å²) in [6, 6.07) is 11.8. The summed E-state index contributed by atoms with van der Waals surface area (Å²) < 4.78 is 5.35. The van der Waals surface area contributed by atoms with Gasteiger partial charge in [-0.2, -0.15) is 0 Å². The van der Waals surface area contributed by atoms with E-state index in [1.165, 1.54) is 6.07 Å². The standard InChI is InChI=1S/C18H14ClNO4/c19-13-4-1-11(2-5-13)8-20-18(23)15-10-24-16-6-3-12(9-21)7-14(16)17(15)22/h1-7,10,21H,8-9H2,(H,20,23). The Labute approximate surface area is 142 Å². The summed E-state index contributed by atoms with van der Waals surface area (Å²) in [5.41, 5.74) is 1.30. The Kier molecular flexibility index (Phi) is 4.64. The van der Waals surface area contributed by atoms with Gasteiger partial charge in [0, 0.05) is 11.6 Å². The summed E-state index contributed by atoms with van der Waals surface area (Å²) in [5.74, 6) is -0.519. The SMILES string of the molecule is O=C(NCc1ccc(Cl)cc1)c1coc2ccc(CO)cc2c1=O. The van der Waals surface area contributed by atoms with Crippen molar-refractivity contribution in [3.05, 3.63) is 80.7 Å². The molecule has 0 saturated heterocycles. The summed E-state index contributed by atoms with van der Waals surface area (Å²) in [7, 11) is 0. The first-order valence-corrected chi connectivity index (χ1v) is 7.64. The van der Waals surface area contributed by atoms with Crippen molar-refractivity contribution in [1.82, 2.24) is 5.32 Å². The number of fused-ring (bicyclic) bond motifs is 1. The normalized spacial score (nSPS) is 10.8. The Morgan fingerprint density at radius 3 is 2.54 bits per heavy atom. The van der Waals surface area contributed by atoms with E-state index in [-0.39, 0.29) is 24.1 Å². The Balaban J connectivity index is 1.85. The van der Waals surface area contributed by atoms with Crippen LogP contribution in [0.3, 0.4) is 0 Å². The van der Waals surface area contributed by atoms with Crippen molar-refractivity contribution in [1.29, 1.82) is 0 Å². The van der Waals surface area contributed by atoms with Crippen molar-refractivity contribution in [3.63, 3.8) is 0 Å². The molecule has 5 nitrogen and oxygen atoms in total. The maximum Gasteiger partial charge on any atom is 0.258 e. The van der Waals surface area contributed by atoms with Gasteiger partial charge in [-0.3, -0.25) is 9.59 Å². The summed E-state index contributed by atoms with van der Waals surface area (Å²) >= 11 is 5.81. The van der Waals surface area contributed by atoms with Crippen molar-refractivity contribution < 1.29 is 14.3 Å². The molecule has 1 amide bonds. The molecule has 122 valence electrons. The first-order chi connectivity index (χ1) is 11.6. The lowest BCUT2D eigenvalue weighted by molar-refractivity contribution is 0.0948. The molecular weight excluding hydrogens is 330 g/mol. The third kappa shape index (κ3) is 3.32. The van der Waals surface area contributed by atoms with Crippen LogP contribution in [0, 0.1) is 0 Å². The molecule has 0 aliphatic heterocycles. The van der Waals surface area contributed by atoms with Gasteiger partial charge in [-0.1, -0.05) is 29.8 Å². The molecule has 6 heteroatoms. The predicted octanol–water partition coefficient (Wildman–Crippen LogP) is 2.87. The van der Waals surface area contributed by atoms with Gasteiger partial charge >= 0.3 is 0 Å². The molecule has 0 saturated carbocycles.